The maximum absolute atomic E-state index is 12.6. The molecule has 0 fully saturated rings. The molecule has 0 N–H and O–H groups in total. The molecule has 0 spiro atoms. The highest BCUT2D eigenvalue weighted by Gasteiger charge is 2.19. The molecule has 0 unspecified atom stereocenters. The maximum Gasteiger partial charge on any atom is 0.330 e. The van der Waals surface area contributed by atoms with Crippen LogP contribution in [0.5, 0.6) is 0 Å². The average molecular weight is 412 g/mol. The van der Waals surface area contributed by atoms with E-state index in [1.165, 1.54) is 12.1 Å². The first-order valence-electron chi connectivity index (χ1n) is 8.79. The van der Waals surface area contributed by atoms with Crippen molar-refractivity contribution in [3.05, 3.63) is 78.9 Å². The summed E-state index contributed by atoms with van der Waals surface area (Å²) >= 11 is 0. The van der Waals surface area contributed by atoms with Crippen LogP contribution in [0.25, 0.3) is 21.5 Å². The van der Waals surface area contributed by atoms with Crippen LogP contribution in [-0.4, -0.2) is 34.3 Å². The summed E-state index contributed by atoms with van der Waals surface area (Å²) in [6, 6.07) is 2.41. The van der Waals surface area contributed by atoms with Gasteiger partial charge in [0.15, 0.2) is 0 Å². The van der Waals surface area contributed by atoms with Gasteiger partial charge >= 0.3 is 11.9 Å². The third-order valence-corrected chi connectivity index (χ3v) is 4.51. The molecule has 1 aromatic carbocycles. The molecule has 0 saturated heterocycles. The summed E-state index contributed by atoms with van der Waals surface area (Å²) in [6.45, 7) is 5.69. The normalized spacial score (nSPS) is 10.9. The van der Waals surface area contributed by atoms with Gasteiger partial charge in [-0.1, -0.05) is 13.2 Å². The van der Waals surface area contributed by atoms with Crippen molar-refractivity contribution in [3.63, 3.8) is 0 Å². The van der Waals surface area contributed by atoms with Crippen molar-refractivity contribution >= 4 is 33.5 Å². The standard InChI is InChI=1S/C20H16N2O8/c1-3-15(23)29-7-5-21-17(25)11-9-13-14(10-12(11)18(21)26)20(28)22(19(13)27)6-8-30-16(24)4-2/h3-4,9-10H,1-2,5-8H2. The molecule has 0 amide bonds. The number of esters is 2. The minimum Gasteiger partial charge on any atom is -0.461 e. The fourth-order valence-corrected chi connectivity index (χ4v) is 3.07. The third kappa shape index (κ3) is 3.50. The lowest BCUT2D eigenvalue weighted by Crippen LogP contribution is -2.28. The van der Waals surface area contributed by atoms with Crippen molar-refractivity contribution in [2.75, 3.05) is 13.2 Å². The number of benzene rings is 1. The zero-order valence-corrected chi connectivity index (χ0v) is 15.7. The van der Waals surface area contributed by atoms with E-state index in [-0.39, 0.29) is 47.8 Å². The van der Waals surface area contributed by atoms with E-state index < -0.39 is 34.2 Å². The second-order valence-corrected chi connectivity index (χ2v) is 6.21. The summed E-state index contributed by atoms with van der Waals surface area (Å²) in [4.78, 5) is 72.5. The van der Waals surface area contributed by atoms with E-state index in [9.17, 15) is 28.8 Å². The number of ether oxygens (including phenoxy) is 2. The Morgan fingerprint density at radius 3 is 1.27 bits per heavy atom. The molecule has 10 nitrogen and oxygen atoms in total. The number of hydrogen-bond acceptors (Lipinski definition) is 8. The molecule has 3 aromatic rings. The molecule has 0 atom stereocenters. The summed E-state index contributed by atoms with van der Waals surface area (Å²) in [5, 5.41) is -0.0745. The van der Waals surface area contributed by atoms with Crippen molar-refractivity contribution in [2.24, 2.45) is 0 Å². The number of carbonyl (C=O) groups excluding carboxylic acids is 2. The molecule has 154 valence electrons. The second kappa shape index (κ2) is 8.11. The molecule has 0 aliphatic rings. The highest BCUT2D eigenvalue weighted by molar-refractivity contribution is 5.97. The predicted octanol–water partition coefficient (Wildman–Crippen LogP) is -0.629. The Balaban J connectivity index is 2.01. The smallest absolute Gasteiger partial charge is 0.330 e. The Bertz CT molecular complexity index is 1220. The van der Waals surface area contributed by atoms with Crippen LogP contribution < -0.4 is 22.2 Å². The van der Waals surface area contributed by atoms with Gasteiger partial charge in [-0.3, -0.25) is 28.3 Å². The highest BCUT2D eigenvalue weighted by atomic mass is 16.5. The third-order valence-electron chi connectivity index (χ3n) is 4.51. The van der Waals surface area contributed by atoms with Crippen LogP contribution in [0, 0.1) is 0 Å². The first-order valence-corrected chi connectivity index (χ1v) is 8.79. The Labute approximate surface area is 167 Å². The van der Waals surface area contributed by atoms with E-state index in [1.807, 2.05) is 0 Å². The highest BCUT2D eigenvalue weighted by Crippen LogP contribution is 2.14. The Kier molecular flexibility index (Phi) is 5.58. The molecule has 3 rings (SSSR count). The molecule has 0 radical (unpaired) electrons. The van der Waals surface area contributed by atoms with Crippen LogP contribution >= 0.6 is 0 Å². The predicted molar refractivity (Wildman–Crippen MR) is 107 cm³/mol. The van der Waals surface area contributed by atoms with Crippen molar-refractivity contribution < 1.29 is 19.1 Å². The summed E-state index contributed by atoms with van der Waals surface area (Å²) in [5.41, 5.74) is -2.64. The Morgan fingerprint density at radius 1 is 0.700 bits per heavy atom. The van der Waals surface area contributed by atoms with Gasteiger partial charge in [-0.15, -0.1) is 0 Å². The fourth-order valence-electron chi connectivity index (χ4n) is 3.07. The number of aromatic nitrogens is 2. The van der Waals surface area contributed by atoms with E-state index in [4.69, 9.17) is 9.47 Å². The van der Waals surface area contributed by atoms with Gasteiger partial charge in [0.05, 0.1) is 34.6 Å². The molecule has 2 heterocycles. The van der Waals surface area contributed by atoms with Crippen molar-refractivity contribution in [3.8, 4) is 0 Å². The van der Waals surface area contributed by atoms with E-state index in [0.717, 1.165) is 21.3 Å². The summed E-state index contributed by atoms with van der Waals surface area (Å²) in [5.74, 6) is -1.39. The lowest BCUT2D eigenvalue weighted by molar-refractivity contribution is -0.138. The molecule has 0 aliphatic carbocycles. The van der Waals surface area contributed by atoms with Crippen molar-refractivity contribution in [1.82, 2.24) is 9.13 Å². The van der Waals surface area contributed by atoms with Crippen LogP contribution in [-0.2, 0) is 32.2 Å². The monoisotopic (exact) mass is 412 g/mol. The minimum absolute atomic E-state index is 0.0186. The van der Waals surface area contributed by atoms with Gasteiger partial charge in [-0.25, -0.2) is 9.59 Å². The molecule has 2 aromatic heterocycles. The summed E-state index contributed by atoms with van der Waals surface area (Å²) in [7, 11) is 0. The number of carbonyl (C=O) groups is 2. The van der Waals surface area contributed by atoms with Crippen LogP contribution in [0.1, 0.15) is 0 Å². The molecule has 0 bridgehead atoms. The van der Waals surface area contributed by atoms with E-state index in [0.29, 0.717) is 0 Å². The number of hydrogen-bond donors (Lipinski definition) is 0. The van der Waals surface area contributed by atoms with Gasteiger partial charge in [0.1, 0.15) is 13.2 Å². The van der Waals surface area contributed by atoms with Gasteiger partial charge in [-0.05, 0) is 12.1 Å². The first-order chi connectivity index (χ1) is 14.3. The van der Waals surface area contributed by atoms with E-state index >= 15 is 0 Å². The largest absolute Gasteiger partial charge is 0.461 e. The number of fused-ring (bicyclic) bond motifs is 2. The van der Waals surface area contributed by atoms with E-state index in [1.54, 1.807) is 0 Å². The Morgan fingerprint density at radius 2 is 1.00 bits per heavy atom. The second-order valence-electron chi connectivity index (χ2n) is 6.21. The van der Waals surface area contributed by atoms with Gasteiger partial charge < -0.3 is 9.47 Å². The fraction of sp³-hybridized carbons (Fsp3) is 0.200. The summed E-state index contributed by atoms with van der Waals surface area (Å²) in [6.07, 6.45) is 1.91. The zero-order chi connectivity index (χ0) is 22.0. The van der Waals surface area contributed by atoms with Crippen molar-refractivity contribution in [2.45, 2.75) is 13.1 Å². The zero-order valence-electron chi connectivity index (χ0n) is 15.7. The molecule has 0 saturated carbocycles. The molecule has 10 heteroatoms. The maximum atomic E-state index is 12.6. The number of nitrogens with zero attached hydrogens (tertiary/aromatic N) is 2. The lowest BCUT2D eigenvalue weighted by Gasteiger charge is -2.01. The van der Waals surface area contributed by atoms with Gasteiger partial charge in [-0.2, -0.15) is 0 Å². The quantitative estimate of drug-likeness (QED) is 0.353. The van der Waals surface area contributed by atoms with Crippen LogP contribution in [0.15, 0.2) is 56.6 Å². The average Bonchev–Trinajstić information content (AvgIpc) is 3.12. The lowest BCUT2D eigenvalue weighted by atomic mass is 10.1. The first kappa shape index (κ1) is 20.6. The topological polar surface area (TPSA) is 131 Å². The molecular formula is C20H16N2O8. The van der Waals surface area contributed by atoms with Gasteiger partial charge in [0.2, 0.25) is 0 Å². The van der Waals surface area contributed by atoms with Crippen LogP contribution in [0.4, 0.5) is 0 Å². The molecule has 30 heavy (non-hydrogen) atoms. The van der Waals surface area contributed by atoms with Crippen LogP contribution in [0.2, 0.25) is 0 Å². The van der Waals surface area contributed by atoms with Gasteiger partial charge in [0, 0.05) is 12.2 Å². The summed E-state index contributed by atoms with van der Waals surface area (Å²) < 4.78 is 11.3. The molecular weight excluding hydrogens is 396 g/mol. The minimum atomic E-state index is -0.694. The molecule has 0 aliphatic heterocycles. The van der Waals surface area contributed by atoms with E-state index in [2.05, 4.69) is 13.2 Å². The Hall–Kier alpha value is -4.08. The van der Waals surface area contributed by atoms with Crippen LogP contribution in [0.3, 0.4) is 0 Å². The SMILES string of the molecule is C=CC(=O)OCCn1c(=O)c2cc3c(=O)n(CCOC(=O)C=C)c(=O)c3cc2c1=O. The number of rotatable bonds is 8. The van der Waals surface area contributed by atoms with Crippen molar-refractivity contribution in [1.29, 1.82) is 0 Å². The van der Waals surface area contributed by atoms with Gasteiger partial charge in [0.25, 0.3) is 22.2 Å².